The molecule has 1 rings (SSSR count). The highest BCUT2D eigenvalue weighted by Crippen LogP contribution is 3.02. The van der Waals surface area contributed by atoms with Crippen LogP contribution in [-0.4, -0.2) is 4.75 Å². The van der Waals surface area contributed by atoms with Crippen LogP contribution in [-0.2, 0) is 6.54 Å². The smallest absolute Gasteiger partial charge is 0.259 e. The Kier molecular flexibility index (Phi) is 3.97. The van der Waals surface area contributed by atoms with Gasteiger partial charge in [-0.3, -0.25) is 4.72 Å². The molecule has 0 saturated carbocycles. The monoisotopic (exact) mass is 335 g/mol. The molecule has 0 fully saturated rings. The van der Waals surface area contributed by atoms with E-state index in [1.165, 1.54) is 11.9 Å². The molecule has 8 heteroatoms. The molecule has 20 heavy (non-hydrogen) atoms. The Morgan fingerprint density at radius 3 is 2.10 bits per heavy atom. The van der Waals surface area contributed by atoms with Crippen molar-refractivity contribution >= 4 is 22.2 Å². The molecule has 0 amide bonds. The molecule has 1 aromatic carbocycles. The molecular formula is C12H18F5NS2. The maximum Gasteiger partial charge on any atom is 0.310 e. The normalized spacial score (nSPS) is 16.6. The highest BCUT2D eigenvalue weighted by molar-refractivity contribution is 8.45. The fourth-order valence-corrected chi connectivity index (χ4v) is 3.17. The predicted molar refractivity (Wildman–Crippen MR) is 76.8 cm³/mol. The molecule has 0 aliphatic carbocycles. The van der Waals surface area contributed by atoms with E-state index >= 15 is 0 Å². The molecule has 1 N–H and O–H groups in total. The third-order valence-electron chi connectivity index (χ3n) is 2.27. The standard InChI is InChI=1S/C12H18F5NS2/c1-9-5-6-11(20(13,14,15,16)17)10(7-9)8-18-19-12(2,3)4/h5-7,18H,8H2,1-4H3. The molecule has 1 nitrogen and oxygen atoms in total. The van der Waals surface area contributed by atoms with Gasteiger partial charge in [-0.15, -0.1) is 0 Å². The second-order valence-corrected chi connectivity index (χ2v) is 9.71. The predicted octanol–water partition coefficient (Wildman–Crippen LogP) is 6.19. The van der Waals surface area contributed by atoms with Gasteiger partial charge >= 0.3 is 10.2 Å². The zero-order valence-corrected chi connectivity index (χ0v) is 13.3. The summed E-state index contributed by atoms with van der Waals surface area (Å²) >= 11 is 1.20. The minimum absolute atomic E-state index is 0.223. The van der Waals surface area contributed by atoms with Crippen molar-refractivity contribution in [3.63, 3.8) is 0 Å². The van der Waals surface area contributed by atoms with E-state index in [2.05, 4.69) is 4.72 Å². The number of nitrogens with one attached hydrogen (secondary N) is 1. The lowest BCUT2D eigenvalue weighted by Crippen LogP contribution is -2.18. The van der Waals surface area contributed by atoms with Crippen LogP contribution in [0.4, 0.5) is 19.4 Å². The second kappa shape index (κ2) is 4.51. The molecule has 0 radical (unpaired) electrons. The van der Waals surface area contributed by atoms with Gasteiger partial charge in [-0.2, -0.15) is 0 Å². The third kappa shape index (κ3) is 5.49. The Morgan fingerprint density at radius 1 is 1.10 bits per heavy atom. The first-order valence-electron chi connectivity index (χ1n) is 5.83. The highest BCUT2D eigenvalue weighted by atomic mass is 32.5. The number of hydrogen-bond donors (Lipinski definition) is 1. The lowest BCUT2D eigenvalue weighted by molar-refractivity contribution is 0.362. The topological polar surface area (TPSA) is 12.0 Å². The molecule has 0 aromatic heterocycles. The van der Waals surface area contributed by atoms with E-state index in [-0.39, 0.29) is 11.3 Å². The molecule has 0 saturated heterocycles. The van der Waals surface area contributed by atoms with Crippen LogP contribution in [0.25, 0.3) is 0 Å². The van der Waals surface area contributed by atoms with Gasteiger partial charge in [0.25, 0.3) is 0 Å². The van der Waals surface area contributed by atoms with Gasteiger partial charge in [-0.05, 0) is 39.3 Å². The molecule has 0 unspecified atom stereocenters. The molecular weight excluding hydrogens is 317 g/mol. The summed E-state index contributed by atoms with van der Waals surface area (Å²) < 4.78 is 67.3. The minimum atomic E-state index is -9.66. The van der Waals surface area contributed by atoms with Crippen molar-refractivity contribution in [2.45, 2.75) is 43.9 Å². The van der Waals surface area contributed by atoms with Crippen LogP contribution in [0.15, 0.2) is 23.1 Å². The molecule has 118 valence electrons. The van der Waals surface area contributed by atoms with Gasteiger partial charge in [0, 0.05) is 11.3 Å². The summed E-state index contributed by atoms with van der Waals surface area (Å²) in [5, 5.41) is 0. The first-order valence-corrected chi connectivity index (χ1v) is 8.60. The molecule has 1 aromatic rings. The van der Waals surface area contributed by atoms with E-state index in [0.29, 0.717) is 11.6 Å². The van der Waals surface area contributed by atoms with E-state index in [4.69, 9.17) is 0 Å². The van der Waals surface area contributed by atoms with Gasteiger partial charge in [-0.1, -0.05) is 49.1 Å². The van der Waals surface area contributed by atoms with Gasteiger partial charge in [0.2, 0.25) is 0 Å². The Morgan fingerprint density at radius 2 is 1.65 bits per heavy atom. The summed E-state index contributed by atoms with van der Waals surface area (Å²) in [6, 6.07) is 2.66. The zero-order chi connectivity index (χ0) is 15.9. The lowest BCUT2D eigenvalue weighted by atomic mass is 10.1. The van der Waals surface area contributed by atoms with Crippen molar-refractivity contribution in [2.75, 3.05) is 0 Å². The van der Waals surface area contributed by atoms with Gasteiger partial charge < -0.3 is 0 Å². The zero-order valence-electron chi connectivity index (χ0n) is 11.6. The SMILES string of the molecule is Cc1ccc(S(F)(F)(F)(F)F)c(CNSC(C)(C)C)c1. The Hall–Kier alpha value is -0.470. The summed E-state index contributed by atoms with van der Waals surface area (Å²) in [5.41, 5.74) is 0.0778. The first-order chi connectivity index (χ1) is 8.58. The van der Waals surface area contributed by atoms with Gasteiger partial charge in [-0.25, -0.2) is 0 Å². The van der Waals surface area contributed by atoms with Crippen LogP contribution >= 0.6 is 22.2 Å². The average Bonchev–Trinajstić information content (AvgIpc) is 2.10. The molecule has 0 heterocycles. The fraction of sp³-hybridized carbons (Fsp3) is 0.500. The third-order valence-corrected chi connectivity index (χ3v) is 4.40. The van der Waals surface area contributed by atoms with Crippen molar-refractivity contribution < 1.29 is 19.4 Å². The van der Waals surface area contributed by atoms with E-state index in [9.17, 15) is 19.4 Å². The second-order valence-electron chi connectivity index (χ2n) is 5.62. The van der Waals surface area contributed by atoms with Crippen LogP contribution in [0.2, 0.25) is 0 Å². The van der Waals surface area contributed by atoms with Crippen LogP contribution in [0.5, 0.6) is 0 Å². The minimum Gasteiger partial charge on any atom is -0.259 e. The maximum atomic E-state index is 13.0. The molecule has 0 aliphatic heterocycles. The van der Waals surface area contributed by atoms with Crippen molar-refractivity contribution in [2.24, 2.45) is 0 Å². The Labute approximate surface area is 120 Å². The van der Waals surface area contributed by atoms with Crippen molar-refractivity contribution in [1.29, 1.82) is 0 Å². The van der Waals surface area contributed by atoms with Crippen LogP contribution in [0.3, 0.4) is 0 Å². The van der Waals surface area contributed by atoms with Crippen LogP contribution in [0, 0.1) is 6.92 Å². The number of halogens is 5. The summed E-state index contributed by atoms with van der Waals surface area (Å²) in [6.07, 6.45) is 0. The Bertz CT molecular complexity index is 504. The molecule has 0 spiro atoms. The number of benzene rings is 1. The highest BCUT2D eigenvalue weighted by Gasteiger charge is 2.66. The van der Waals surface area contributed by atoms with E-state index in [1.807, 2.05) is 20.8 Å². The molecule has 0 atom stereocenters. The quantitative estimate of drug-likeness (QED) is 0.520. The van der Waals surface area contributed by atoms with E-state index in [1.54, 1.807) is 6.92 Å². The average molecular weight is 335 g/mol. The lowest BCUT2D eigenvalue weighted by Gasteiger charge is -2.42. The molecule has 0 bridgehead atoms. The summed E-state index contributed by atoms with van der Waals surface area (Å²) in [4.78, 5) is -1.81. The summed E-state index contributed by atoms with van der Waals surface area (Å²) in [6.45, 7) is 6.89. The number of rotatable bonds is 4. The van der Waals surface area contributed by atoms with Gasteiger partial charge in [0.15, 0.2) is 0 Å². The van der Waals surface area contributed by atoms with Crippen molar-refractivity contribution in [1.82, 2.24) is 4.72 Å². The van der Waals surface area contributed by atoms with Crippen LogP contribution < -0.4 is 4.72 Å². The number of hydrogen-bond acceptors (Lipinski definition) is 2. The largest absolute Gasteiger partial charge is 0.310 e. The first kappa shape index (κ1) is 17.6. The summed E-state index contributed by atoms with van der Waals surface area (Å²) in [7, 11) is -9.66. The van der Waals surface area contributed by atoms with Crippen molar-refractivity contribution in [3.8, 4) is 0 Å². The molecule has 0 aliphatic rings. The summed E-state index contributed by atoms with van der Waals surface area (Å²) in [5.74, 6) is 0. The number of aryl methyl sites for hydroxylation is 1. The van der Waals surface area contributed by atoms with E-state index in [0.717, 1.165) is 12.1 Å². The van der Waals surface area contributed by atoms with Crippen molar-refractivity contribution in [3.05, 3.63) is 29.3 Å². The van der Waals surface area contributed by atoms with Gasteiger partial charge in [0.1, 0.15) is 4.90 Å². The fourth-order valence-electron chi connectivity index (χ4n) is 1.55. The maximum absolute atomic E-state index is 13.0. The van der Waals surface area contributed by atoms with Gasteiger partial charge in [0.05, 0.1) is 0 Å². The Balaban J connectivity index is 3.11. The van der Waals surface area contributed by atoms with Crippen LogP contribution in [0.1, 0.15) is 31.9 Å². The van der Waals surface area contributed by atoms with E-state index < -0.39 is 20.7 Å².